The number of nitrogens with one attached hydrogen (secondary N) is 1. The van der Waals surface area contributed by atoms with E-state index in [-0.39, 0.29) is 0 Å². The van der Waals surface area contributed by atoms with Gasteiger partial charge in [0.1, 0.15) is 0 Å². The van der Waals surface area contributed by atoms with Crippen LogP contribution in [0.2, 0.25) is 0 Å². The Labute approximate surface area is 60.7 Å². The van der Waals surface area contributed by atoms with E-state index < -0.39 is 0 Å². The lowest BCUT2D eigenvalue weighted by molar-refractivity contribution is -0.788. The second-order valence-electron chi connectivity index (χ2n) is 2.64. The molecular formula is C5H13ClN2O+2. The first-order valence-corrected chi connectivity index (χ1v) is 2.98. The monoisotopic (exact) mass is 152 g/mol. The summed E-state index contributed by atoms with van der Waals surface area (Å²) in [5, 5.41) is 2.83. The Balaban J connectivity index is 4.14. The molecule has 0 rings (SSSR count). The Morgan fingerprint density at radius 3 is 1.89 bits per heavy atom. The minimum atomic E-state index is 0.556. The number of hydrogen-bond acceptors (Lipinski definition) is 0. The highest BCUT2D eigenvalue weighted by Gasteiger charge is 2.29. The number of halogens is 1. The first-order valence-electron chi connectivity index (χ1n) is 2.67. The van der Waals surface area contributed by atoms with E-state index in [2.05, 4.69) is 9.29 Å². The number of hydrogen-bond donors (Lipinski definition) is 1. The van der Waals surface area contributed by atoms with Gasteiger partial charge in [-0.25, -0.2) is 0 Å². The number of amides is 2. The van der Waals surface area contributed by atoms with Crippen LogP contribution in [0.4, 0.5) is 3.98 Å². The normalized spacial score (nSPS) is 13.7. The SMILES string of the molecule is CNC(=[O+]Cl)[N+](C)(C)C. The lowest BCUT2D eigenvalue weighted by Gasteiger charge is -2.13. The summed E-state index contributed by atoms with van der Waals surface area (Å²) in [5.74, 6) is 0. The quantitative estimate of drug-likeness (QED) is 0.391. The summed E-state index contributed by atoms with van der Waals surface area (Å²) < 4.78 is 5.07. The van der Waals surface area contributed by atoms with Crippen LogP contribution in [0.3, 0.4) is 0 Å². The zero-order valence-corrected chi connectivity index (χ0v) is 6.99. The van der Waals surface area contributed by atoms with E-state index in [1.807, 2.05) is 21.1 Å². The molecule has 0 radical (unpaired) electrons. The average molecular weight is 153 g/mol. The molecule has 54 valence electrons. The van der Waals surface area contributed by atoms with Gasteiger partial charge in [-0.05, 0) is 3.98 Å². The smallest absolute Gasteiger partial charge is 0.256 e. The van der Waals surface area contributed by atoms with E-state index >= 15 is 0 Å². The zero-order valence-electron chi connectivity index (χ0n) is 6.23. The Kier molecular flexibility index (Phi) is 2.94. The molecule has 2 amide bonds. The van der Waals surface area contributed by atoms with Gasteiger partial charge >= 0.3 is 17.9 Å². The van der Waals surface area contributed by atoms with Crippen molar-refractivity contribution in [2.24, 2.45) is 0 Å². The summed E-state index contributed by atoms with van der Waals surface area (Å²) in [6.45, 7) is 0. The zero-order chi connectivity index (χ0) is 7.49. The van der Waals surface area contributed by atoms with Gasteiger partial charge in [-0.3, -0.25) is 5.32 Å². The van der Waals surface area contributed by atoms with E-state index in [0.29, 0.717) is 10.5 Å². The van der Waals surface area contributed by atoms with Gasteiger partial charge < -0.3 is 0 Å². The van der Waals surface area contributed by atoms with Crippen LogP contribution in [0.15, 0.2) is 0 Å². The molecule has 0 aliphatic carbocycles. The van der Waals surface area contributed by atoms with Crippen LogP contribution in [0, 0.1) is 0 Å². The van der Waals surface area contributed by atoms with Crippen LogP contribution in [-0.2, 0) is 0 Å². The predicted octanol–water partition coefficient (Wildman–Crippen LogP) is 0.722. The molecule has 1 N–H and O–H groups in total. The number of rotatable bonds is 0. The van der Waals surface area contributed by atoms with Gasteiger partial charge in [0.25, 0.3) is 0 Å². The molecular weight excluding hydrogens is 140 g/mol. The highest BCUT2D eigenvalue weighted by Crippen LogP contribution is 1.97. The van der Waals surface area contributed by atoms with Crippen LogP contribution in [-0.4, -0.2) is 38.7 Å². The second-order valence-corrected chi connectivity index (χ2v) is 2.80. The molecule has 3 nitrogen and oxygen atoms in total. The van der Waals surface area contributed by atoms with Crippen molar-refractivity contribution in [1.29, 1.82) is 0 Å². The Morgan fingerprint density at radius 1 is 1.44 bits per heavy atom. The Hall–Kier alpha value is -0.280. The van der Waals surface area contributed by atoms with E-state index in [1.165, 1.54) is 0 Å². The third-order valence-corrected chi connectivity index (χ3v) is 1.04. The molecule has 0 unspecified atom stereocenters. The van der Waals surface area contributed by atoms with Crippen LogP contribution >= 0.6 is 11.9 Å². The van der Waals surface area contributed by atoms with Crippen molar-refractivity contribution in [3.05, 3.63) is 0 Å². The fourth-order valence-corrected chi connectivity index (χ4v) is 0.762. The van der Waals surface area contributed by atoms with Gasteiger partial charge in [-0.15, -0.1) is 0 Å². The van der Waals surface area contributed by atoms with Gasteiger partial charge in [-0.2, -0.15) is 4.48 Å². The molecule has 0 bridgehead atoms. The summed E-state index contributed by atoms with van der Waals surface area (Å²) in [5.41, 5.74) is 0. The molecule has 0 fully saturated rings. The van der Waals surface area contributed by atoms with Gasteiger partial charge in [0, 0.05) is 7.05 Å². The third kappa shape index (κ3) is 2.67. The number of quaternary nitrogens is 1. The standard InChI is InChI=1S/C5H13ClN2O/c1-7-5(9-6)8(2,3)4/h7H,1-4H3/q+2. The summed E-state index contributed by atoms with van der Waals surface area (Å²) in [7, 11) is 7.62. The molecule has 9 heavy (non-hydrogen) atoms. The fraction of sp³-hybridized carbons (Fsp3) is 0.800. The molecule has 0 saturated carbocycles. The van der Waals surface area contributed by atoms with Crippen molar-refractivity contribution in [3.8, 4) is 0 Å². The first-order chi connectivity index (χ1) is 4.02. The molecule has 0 aromatic heterocycles. The summed E-state index contributed by atoms with van der Waals surface area (Å²) in [6, 6.07) is 0.622. The first kappa shape index (κ1) is 8.72. The van der Waals surface area contributed by atoms with Gasteiger partial charge in [0.05, 0.1) is 21.1 Å². The van der Waals surface area contributed by atoms with Crippen LogP contribution in [0.25, 0.3) is 0 Å². The van der Waals surface area contributed by atoms with Crippen molar-refractivity contribution in [1.82, 2.24) is 5.32 Å². The van der Waals surface area contributed by atoms with Crippen molar-refractivity contribution in [2.45, 2.75) is 0 Å². The molecule has 0 atom stereocenters. The third-order valence-electron chi connectivity index (χ3n) is 0.896. The maximum Gasteiger partial charge on any atom is 0.626 e. The lowest BCUT2D eigenvalue weighted by atomic mass is 10.7. The molecule has 4 heteroatoms. The highest BCUT2D eigenvalue weighted by molar-refractivity contribution is 6.06. The maximum absolute atomic E-state index is 5.14. The largest absolute Gasteiger partial charge is 0.626 e. The van der Waals surface area contributed by atoms with Crippen LogP contribution in [0.5, 0.6) is 0 Å². The summed E-state index contributed by atoms with van der Waals surface area (Å²) in [6.07, 6.45) is 0. The Bertz CT molecular complexity index is 117. The number of nitrogens with zero attached hydrogens (tertiary/aromatic N) is 1. The van der Waals surface area contributed by atoms with Gasteiger partial charge in [0.2, 0.25) is 0 Å². The summed E-state index contributed by atoms with van der Waals surface area (Å²) in [4.78, 5) is 0. The van der Waals surface area contributed by atoms with Crippen molar-refractivity contribution in [3.63, 3.8) is 0 Å². The molecule has 0 aliphatic rings. The molecule has 0 saturated heterocycles. The number of urea groups is 1. The van der Waals surface area contributed by atoms with Crippen LogP contribution < -0.4 is 5.32 Å². The highest BCUT2D eigenvalue weighted by atomic mass is 35.5. The van der Waals surface area contributed by atoms with E-state index in [0.717, 1.165) is 0 Å². The Morgan fingerprint density at radius 2 is 1.89 bits per heavy atom. The molecule has 0 aromatic carbocycles. The van der Waals surface area contributed by atoms with Gasteiger partial charge in [-0.1, -0.05) is 0 Å². The van der Waals surface area contributed by atoms with Crippen molar-refractivity contribution in [2.75, 3.05) is 28.2 Å². The second kappa shape index (κ2) is 3.03. The van der Waals surface area contributed by atoms with E-state index in [9.17, 15) is 0 Å². The molecule has 0 aliphatic heterocycles. The van der Waals surface area contributed by atoms with Gasteiger partial charge in [0.15, 0.2) is 0 Å². The van der Waals surface area contributed by atoms with Crippen molar-refractivity contribution < 1.29 is 8.46 Å². The lowest BCUT2D eigenvalue weighted by Crippen LogP contribution is -2.47. The predicted molar refractivity (Wildman–Crippen MR) is 38.3 cm³/mol. The molecule has 0 heterocycles. The minimum absolute atomic E-state index is 0.556. The fourth-order valence-electron chi connectivity index (χ4n) is 0.477. The van der Waals surface area contributed by atoms with E-state index in [4.69, 9.17) is 11.9 Å². The average Bonchev–Trinajstić information content (AvgIpc) is 1.65. The van der Waals surface area contributed by atoms with E-state index in [1.54, 1.807) is 7.05 Å². The van der Waals surface area contributed by atoms with Crippen molar-refractivity contribution >= 4 is 17.9 Å². The maximum atomic E-state index is 5.14. The minimum Gasteiger partial charge on any atom is -0.256 e. The molecule has 0 spiro atoms. The molecule has 0 aromatic rings. The summed E-state index contributed by atoms with van der Waals surface area (Å²) >= 11 is 5.14. The topological polar surface area (TPSA) is 23.3 Å². The number of carbonyl (C=O) groups excluding carboxylic acids is 1. The van der Waals surface area contributed by atoms with Crippen LogP contribution in [0.1, 0.15) is 0 Å².